The molecule has 0 fully saturated rings. The second kappa shape index (κ2) is 10.5. The van der Waals surface area contributed by atoms with Crippen molar-refractivity contribution in [1.82, 2.24) is 10.6 Å². The van der Waals surface area contributed by atoms with Crippen LogP contribution >= 0.6 is 0 Å². The first kappa shape index (κ1) is 23.5. The van der Waals surface area contributed by atoms with Gasteiger partial charge in [-0.2, -0.15) is 13.2 Å². The van der Waals surface area contributed by atoms with Crippen molar-refractivity contribution in [1.29, 1.82) is 0 Å². The first-order chi connectivity index (χ1) is 15.3. The van der Waals surface area contributed by atoms with Crippen LogP contribution in [0.2, 0.25) is 0 Å². The molecule has 0 heterocycles. The van der Waals surface area contributed by atoms with E-state index in [1.165, 1.54) is 0 Å². The molecule has 2 atom stereocenters. The predicted molar refractivity (Wildman–Crippen MR) is 120 cm³/mol. The van der Waals surface area contributed by atoms with Crippen LogP contribution in [0.25, 0.3) is 0 Å². The Labute approximate surface area is 186 Å². The van der Waals surface area contributed by atoms with Crippen molar-refractivity contribution in [2.75, 3.05) is 13.6 Å². The monoisotopic (exact) mass is 440 g/mol. The zero-order valence-electron chi connectivity index (χ0n) is 18.1. The number of benzene rings is 3. The predicted octanol–water partition coefficient (Wildman–Crippen LogP) is 5.61. The summed E-state index contributed by atoms with van der Waals surface area (Å²) < 4.78 is 39.0. The highest BCUT2D eigenvalue weighted by molar-refractivity contribution is 5.82. The van der Waals surface area contributed by atoms with Gasteiger partial charge in [-0.15, -0.1) is 0 Å². The third-order valence-electron chi connectivity index (χ3n) is 5.51. The number of carbonyl (C=O) groups is 1. The molecule has 3 aromatic rings. The summed E-state index contributed by atoms with van der Waals surface area (Å²) in [5.74, 6) is -0.247. The number of aryl methyl sites for hydroxylation is 1. The zero-order valence-corrected chi connectivity index (χ0v) is 18.1. The van der Waals surface area contributed by atoms with E-state index in [1.54, 1.807) is 19.2 Å². The average molecular weight is 441 g/mol. The summed E-state index contributed by atoms with van der Waals surface area (Å²) in [5.41, 5.74) is 3.11. The van der Waals surface area contributed by atoms with Crippen LogP contribution in [0.3, 0.4) is 0 Å². The van der Waals surface area contributed by atoms with E-state index in [4.69, 9.17) is 0 Å². The standard InChI is InChI=1S/C26H27F3N2O/c1-18-7-6-10-21(17-18)23(19-11-13-22(14-12-19)26(27,28)29)15-16-31-24(25(32)30-2)20-8-4-3-5-9-20/h3-14,17,23-24,31H,15-16H2,1-2H3,(H,30,32)/t23-,24+/m0/s1. The summed E-state index contributed by atoms with van der Waals surface area (Å²) in [4.78, 5) is 12.4. The Morgan fingerprint density at radius 3 is 2.12 bits per heavy atom. The second-order valence-electron chi connectivity index (χ2n) is 7.79. The third kappa shape index (κ3) is 5.98. The van der Waals surface area contributed by atoms with Gasteiger partial charge in [0.15, 0.2) is 0 Å². The van der Waals surface area contributed by atoms with Crippen LogP contribution in [0.1, 0.15) is 46.2 Å². The number of carbonyl (C=O) groups excluding carboxylic acids is 1. The van der Waals surface area contributed by atoms with Gasteiger partial charge in [-0.3, -0.25) is 4.79 Å². The molecule has 2 N–H and O–H groups in total. The van der Waals surface area contributed by atoms with E-state index in [9.17, 15) is 18.0 Å². The number of hydrogen-bond donors (Lipinski definition) is 2. The molecule has 0 saturated heterocycles. The highest BCUT2D eigenvalue weighted by atomic mass is 19.4. The molecule has 0 bridgehead atoms. The molecule has 0 aromatic heterocycles. The maximum Gasteiger partial charge on any atom is 0.416 e. The van der Waals surface area contributed by atoms with E-state index in [1.807, 2.05) is 55.5 Å². The molecule has 3 aromatic carbocycles. The zero-order chi connectivity index (χ0) is 23.1. The number of hydrogen-bond acceptors (Lipinski definition) is 2. The Morgan fingerprint density at radius 2 is 1.53 bits per heavy atom. The Morgan fingerprint density at radius 1 is 0.875 bits per heavy atom. The molecule has 1 amide bonds. The lowest BCUT2D eigenvalue weighted by Gasteiger charge is -2.22. The van der Waals surface area contributed by atoms with Crippen molar-refractivity contribution >= 4 is 5.91 Å². The van der Waals surface area contributed by atoms with Crippen molar-refractivity contribution in [2.45, 2.75) is 31.5 Å². The quantitative estimate of drug-likeness (QED) is 0.478. The first-order valence-electron chi connectivity index (χ1n) is 10.5. The van der Waals surface area contributed by atoms with Gasteiger partial charge in [-0.1, -0.05) is 72.3 Å². The highest BCUT2D eigenvalue weighted by Gasteiger charge is 2.30. The van der Waals surface area contributed by atoms with Crippen LogP contribution in [-0.2, 0) is 11.0 Å². The summed E-state index contributed by atoms with van der Waals surface area (Å²) in [6, 6.07) is 22.2. The topological polar surface area (TPSA) is 41.1 Å². The van der Waals surface area contributed by atoms with Gasteiger partial charge in [0.1, 0.15) is 6.04 Å². The van der Waals surface area contributed by atoms with Gasteiger partial charge in [-0.05, 0) is 48.7 Å². The summed E-state index contributed by atoms with van der Waals surface area (Å²) in [6.45, 7) is 2.50. The molecule has 3 rings (SSSR count). The van der Waals surface area contributed by atoms with Crippen LogP contribution in [0.15, 0.2) is 78.9 Å². The molecule has 0 saturated carbocycles. The van der Waals surface area contributed by atoms with Crippen molar-refractivity contribution in [3.05, 3.63) is 107 Å². The Balaban J connectivity index is 1.82. The smallest absolute Gasteiger partial charge is 0.358 e. The van der Waals surface area contributed by atoms with Gasteiger partial charge in [0.25, 0.3) is 0 Å². The lowest BCUT2D eigenvalue weighted by molar-refractivity contribution is -0.137. The summed E-state index contributed by atoms with van der Waals surface area (Å²) in [7, 11) is 1.59. The molecule has 6 heteroatoms. The Hall–Kier alpha value is -3.12. The number of nitrogens with one attached hydrogen (secondary N) is 2. The number of amides is 1. The molecular weight excluding hydrogens is 413 g/mol. The summed E-state index contributed by atoms with van der Waals surface area (Å²) >= 11 is 0. The van der Waals surface area contributed by atoms with Gasteiger partial charge in [0.05, 0.1) is 5.56 Å². The van der Waals surface area contributed by atoms with E-state index in [0.29, 0.717) is 13.0 Å². The van der Waals surface area contributed by atoms with E-state index in [2.05, 4.69) is 16.7 Å². The fourth-order valence-electron chi connectivity index (χ4n) is 3.84. The number of halogens is 3. The molecule has 168 valence electrons. The van der Waals surface area contributed by atoms with Gasteiger partial charge < -0.3 is 10.6 Å². The van der Waals surface area contributed by atoms with Crippen LogP contribution in [0, 0.1) is 6.92 Å². The Bertz CT molecular complexity index is 1020. The molecule has 3 nitrogen and oxygen atoms in total. The molecule has 0 aliphatic heterocycles. The minimum atomic E-state index is -4.37. The van der Waals surface area contributed by atoms with Crippen molar-refractivity contribution in [3.8, 4) is 0 Å². The molecule has 0 radical (unpaired) electrons. The van der Waals surface area contributed by atoms with Crippen LogP contribution in [0.4, 0.5) is 13.2 Å². The minimum Gasteiger partial charge on any atom is -0.358 e. The second-order valence-corrected chi connectivity index (χ2v) is 7.79. The third-order valence-corrected chi connectivity index (χ3v) is 5.51. The SMILES string of the molecule is CNC(=O)[C@H](NCC[C@@H](c1ccc(C(F)(F)F)cc1)c1cccc(C)c1)c1ccccc1. The minimum absolute atomic E-state index is 0.106. The van der Waals surface area contributed by atoms with Crippen molar-refractivity contribution < 1.29 is 18.0 Å². The fourth-order valence-corrected chi connectivity index (χ4v) is 3.84. The Kier molecular flexibility index (Phi) is 7.70. The number of rotatable bonds is 8. The van der Waals surface area contributed by atoms with Crippen LogP contribution in [-0.4, -0.2) is 19.5 Å². The molecular formula is C26H27F3N2O. The molecule has 0 spiro atoms. The van der Waals surface area contributed by atoms with E-state index in [0.717, 1.165) is 34.4 Å². The van der Waals surface area contributed by atoms with Gasteiger partial charge in [-0.25, -0.2) is 0 Å². The van der Waals surface area contributed by atoms with E-state index < -0.39 is 17.8 Å². The maximum atomic E-state index is 13.0. The summed E-state index contributed by atoms with van der Waals surface area (Å²) in [5, 5.41) is 6.00. The average Bonchev–Trinajstić information content (AvgIpc) is 2.79. The largest absolute Gasteiger partial charge is 0.416 e. The van der Waals surface area contributed by atoms with Crippen LogP contribution in [0.5, 0.6) is 0 Å². The van der Waals surface area contributed by atoms with E-state index >= 15 is 0 Å². The lowest BCUT2D eigenvalue weighted by Crippen LogP contribution is -2.36. The molecule has 0 unspecified atom stereocenters. The lowest BCUT2D eigenvalue weighted by atomic mass is 9.87. The maximum absolute atomic E-state index is 13.0. The normalized spacial score (nSPS) is 13.4. The van der Waals surface area contributed by atoms with Gasteiger partial charge in [0.2, 0.25) is 5.91 Å². The number of alkyl halides is 3. The van der Waals surface area contributed by atoms with Crippen molar-refractivity contribution in [2.24, 2.45) is 0 Å². The fraction of sp³-hybridized carbons (Fsp3) is 0.269. The molecule has 32 heavy (non-hydrogen) atoms. The first-order valence-corrected chi connectivity index (χ1v) is 10.5. The number of likely N-dealkylation sites (N-methyl/N-ethyl adjacent to an activating group) is 1. The van der Waals surface area contributed by atoms with Crippen LogP contribution < -0.4 is 10.6 Å². The van der Waals surface area contributed by atoms with E-state index in [-0.39, 0.29) is 11.8 Å². The highest BCUT2D eigenvalue weighted by Crippen LogP contribution is 2.33. The van der Waals surface area contributed by atoms with Gasteiger partial charge >= 0.3 is 6.18 Å². The molecule has 0 aliphatic rings. The van der Waals surface area contributed by atoms with Gasteiger partial charge in [0, 0.05) is 13.0 Å². The van der Waals surface area contributed by atoms with Crippen molar-refractivity contribution in [3.63, 3.8) is 0 Å². The summed E-state index contributed by atoms with van der Waals surface area (Å²) in [6.07, 6.45) is -3.75. The molecule has 0 aliphatic carbocycles.